The summed E-state index contributed by atoms with van der Waals surface area (Å²) in [5.41, 5.74) is 7.41. The summed E-state index contributed by atoms with van der Waals surface area (Å²) in [5, 5.41) is 4.96. The first kappa shape index (κ1) is 25.2. The van der Waals surface area contributed by atoms with Gasteiger partial charge in [-0.3, -0.25) is 9.78 Å². The number of anilines is 1. The molecule has 0 spiro atoms. The third-order valence-electron chi connectivity index (χ3n) is 8.08. The number of nitrogens with zero attached hydrogens (tertiary/aromatic N) is 3. The van der Waals surface area contributed by atoms with Gasteiger partial charge in [0.2, 0.25) is 5.91 Å². The molecule has 1 fully saturated rings. The number of halogens is 1. The van der Waals surface area contributed by atoms with Gasteiger partial charge in [0.25, 0.3) is 0 Å². The summed E-state index contributed by atoms with van der Waals surface area (Å²) in [4.78, 5) is 31.0. The topological polar surface area (TPSA) is 89.7 Å². The lowest BCUT2D eigenvalue weighted by molar-refractivity contribution is -0.121. The van der Waals surface area contributed by atoms with E-state index in [2.05, 4.69) is 49.3 Å². The fourth-order valence-corrected chi connectivity index (χ4v) is 5.78. The molecule has 0 atom stereocenters. The maximum atomic E-state index is 14.7. The molecule has 1 aliphatic heterocycles. The summed E-state index contributed by atoms with van der Waals surface area (Å²) in [6.45, 7) is 1.86. The van der Waals surface area contributed by atoms with Gasteiger partial charge < -0.3 is 20.2 Å². The summed E-state index contributed by atoms with van der Waals surface area (Å²) in [5.74, 6) is -0.181. The van der Waals surface area contributed by atoms with Crippen molar-refractivity contribution in [3.63, 3.8) is 0 Å². The molecule has 8 heteroatoms. The molecule has 0 aliphatic carbocycles. The minimum Gasteiger partial charge on any atom is -0.354 e. The molecule has 0 radical (unpaired) electrons. The van der Waals surface area contributed by atoms with Crippen LogP contribution in [0.5, 0.6) is 0 Å². The van der Waals surface area contributed by atoms with Crippen molar-refractivity contribution < 1.29 is 9.18 Å². The van der Waals surface area contributed by atoms with Crippen LogP contribution in [0.4, 0.5) is 10.1 Å². The van der Waals surface area contributed by atoms with Crippen molar-refractivity contribution in [2.24, 2.45) is 5.92 Å². The number of likely N-dealkylation sites (tertiary alicyclic amines) is 1. The predicted molar refractivity (Wildman–Crippen MR) is 161 cm³/mol. The van der Waals surface area contributed by atoms with Crippen molar-refractivity contribution >= 4 is 33.5 Å². The zero-order valence-electron chi connectivity index (χ0n) is 22.6. The quantitative estimate of drug-likeness (QED) is 0.221. The number of H-pyrrole nitrogens is 2. The van der Waals surface area contributed by atoms with Crippen LogP contribution in [0.15, 0.2) is 85.5 Å². The summed E-state index contributed by atoms with van der Waals surface area (Å²) in [6.07, 6.45) is 8.94. The number of nitrogens with one attached hydrogen (secondary N) is 3. The molecule has 1 aliphatic rings. The fourth-order valence-electron chi connectivity index (χ4n) is 5.78. The maximum Gasteiger partial charge on any atom is 0.227 e. The van der Waals surface area contributed by atoms with E-state index in [0.29, 0.717) is 11.3 Å². The molecule has 7 nitrogen and oxygen atoms in total. The molecule has 5 heterocycles. The van der Waals surface area contributed by atoms with Gasteiger partial charge in [0.1, 0.15) is 11.5 Å². The summed E-state index contributed by atoms with van der Waals surface area (Å²) < 4.78 is 14.7. The van der Waals surface area contributed by atoms with Crippen molar-refractivity contribution in [3.05, 3.63) is 91.3 Å². The van der Waals surface area contributed by atoms with Gasteiger partial charge in [0, 0.05) is 68.7 Å². The zero-order valence-corrected chi connectivity index (χ0v) is 22.6. The van der Waals surface area contributed by atoms with Crippen LogP contribution in [-0.2, 0) is 4.79 Å². The van der Waals surface area contributed by atoms with E-state index in [0.717, 1.165) is 75.8 Å². The number of aromatic amines is 2. The molecular weight excluding hydrogens is 515 g/mol. The Morgan fingerprint density at radius 1 is 0.927 bits per heavy atom. The van der Waals surface area contributed by atoms with E-state index in [9.17, 15) is 9.18 Å². The van der Waals surface area contributed by atoms with Gasteiger partial charge in [-0.15, -0.1) is 0 Å². The average molecular weight is 545 g/mol. The molecule has 0 saturated carbocycles. The number of carbonyl (C=O) groups is 1. The van der Waals surface area contributed by atoms with Gasteiger partial charge in [-0.25, -0.2) is 9.37 Å². The fraction of sp³-hybridized carbons (Fsp3) is 0.182. The number of hydrogen-bond acceptors (Lipinski definition) is 4. The summed E-state index contributed by atoms with van der Waals surface area (Å²) in [6, 6.07) is 18.8. The van der Waals surface area contributed by atoms with Crippen molar-refractivity contribution in [2.75, 3.05) is 25.5 Å². The number of fused-ring (bicyclic) bond motifs is 2. The summed E-state index contributed by atoms with van der Waals surface area (Å²) >= 11 is 0. The highest BCUT2D eigenvalue weighted by atomic mass is 19.1. The monoisotopic (exact) mass is 544 g/mol. The Balaban J connectivity index is 1.21. The van der Waals surface area contributed by atoms with Gasteiger partial charge in [0.05, 0.1) is 11.9 Å². The minimum atomic E-state index is -0.248. The number of carbonyl (C=O) groups excluding carboxylic acids is 1. The van der Waals surface area contributed by atoms with Crippen LogP contribution in [0.3, 0.4) is 0 Å². The molecule has 1 amide bonds. The highest BCUT2D eigenvalue weighted by molar-refractivity contribution is 6.02. The lowest BCUT2D eigenvalue weighted by Crippen LogP contribution is -2.35. The van der Waals surface area contributed by atoms with Crippen molar-refractivity contribution in [2.45, 2.75) is 12.8 Å². The average Bonchev–Trinajstić information content (AvgIpc) is 3.62. The van der Waals surface area contributed by atoms with Gasteiger partial charge in [-0.1, -0.05) is 30.3 Å². The number of rotatable bonds is 5. The Morgan fingerprint density at radius 2 is 1.73 bits per heavy atom. The Kier molecular flexibility index (Phi) is 6.32. The molecule has 2 aromatic carbocycles. The van der Waals surface area contributed by atoms with Crippen LogP contribution in [0, 0.1) is 11.7 Å². The normalized spacial score (nSPS) is 14.6. The molecule has 1 saturated heterocycles. The molecule has 0 unspecified atom stereocenters. The second-order valence-electron chi connectivity index (χ2n) is 10.8. The number of benzene rings is 2. The van der Waals surface area contributed by atoms with E-state index in [1.165, 1.54) is 6.07 Å². The Hall–Kier alpha value is -4.82. The van der Waals surface area contributed by atoms with Gasteiger partial charge in [0.15, 0.2) is 0 Å². The Labute approximate surface area is 236 Å². The Morgan fingerprint density at radius 3 is 2.59 bits per heavy atom. The third kappa shape index (κ3) is 4.76. The number of hydrogen-bond donors (Lipinski definition) is 3. The van der Waals surface area contributed by atoms with E-state index < -0.39 is 0 Å². The predicted octanol–water partition coefficient (Wildman–Crippen LogP) is 6.86. The van der Waals surface area contributed by atoms with E-state index in [-0.39, 0.29) is 17.6 Å². The molecule has 204 valence electrons. The second kappa shape index (κ2) is 10.3. The van der Waals surface area contributed by atoms with Crippen LogP contribution in [0.1, 0.15) is 12.8 Å². The largest absolute Gasteiger partial charge is 0.354 e. The number of piperidine rings is 1. The van der Waals surface area contributed by atoms with Crippen LogP contribution < -0.4 is 5.32 Å². The molecule has 3 N–H and O–H groups in total. The molecule has 0 bridgehead atoms. The van der Waals surface area contributed by atoms with Crippen LogP contribution in [-0.4, -0.2) is 50.9 Å². The first-order valence-corrected chi connectivity index (χ1v) is 13.8. The third-order valence-corrected chi connectivity index (χ3v) is 8.08. The van der Waals surface area contributed by atoms with E-state index in [1.807, 2.05) is 42.7 Å². The number of aromatic nitrogens is 4. The summed E-state index contributed by atoms with van der Waals surface area (Å²) in [7, 11) is 2.09. The first-order valence-electron chi connectivity index (χ1n) is 13.8. The first-order chi connectivity index (χ1) is 20.0. The standard InChI is InChI=1S/C33H29FN6O/c1-40-11-9-20(10-12-40)33(41)38-23-13-21(16-35-18-23)22-14-27-28(19-37-32(27)36-17-22)31-15-26-24(6-4-8-30(26)39-31)25-5-2-3-7-29(25)34/h2-8,13-20,39H,9-12H2,1H3,(H,36,37)(H,38,41). The van der Waals surface area contributed by atoms with Crippen LogP contribution in [0.25, 0.3) is 55.4 Å². The lowest BCUT2D eigenvalue weighted by Gasteiger charge is -2.28. The highest BCUT2D eigenvalue weighted by Gasteiger charge is 2.23. The van der Waals surface area contributed by atoms with E-state index in [1.54, 1.807) is 24.5 Å². The van der Waals surface area contributed by atoms with Gasteiger partial charge >= 0.3 is 0 Å². The SMILES string of the molecule is CN1CCC(C(=O)Nc2cncc(-c3cnc4[nH]cc(-c5cc6c(-c7ccccc7F)cccc6[nH]5)c4c3)c2)CC1. The van der Waals surface area contributed by atoms with Gasteiger partial charge in [-0.2, -0.15) is 0 Å². The van der Waals surface area contributed by atoms with Gasteiger partial charge in [-0.05, 0) is 68.9 Å². The van der Waals surface area contributed by atoms with Crippen LogP contribution >= 0.6 is 0 Å². The second-order valence-corrected chi connectivity index (χ2v) is 10.8. The minimum absolute atomic E-state index is 0.0190. The van der Waals surface area contributed by atoms with Crippen LogP contribution in [0.2, 0.25) is 0 Å². The maximum absolute atomic E-state index is 14.7. The van der Waals surface area contributed by atoms with Crippen molar-refractivity contribution in [1.82, 2.24) is 24.8 Å². The molecule has 7 rings (SSSR count). The zero-order chi connectivity index (χ0) is 27.9. The number of amides is 1. The molecule has 41 heavy (non-hydrogen) atoms. The van der Waals surface area contributed by atoms with E-state index >= 15 is 0 Å². The van der Waals surface area contributed by atoms with Crippen molar-refractivity contribution in [1.29, 1.82) is 0 Å². The highest BCUT2D eigenvalue weighted by Crippen LogP contribution is 2.36. The molecule has 4 aromatic heterocycles. The Bertz CT molecular complexity index is 1900. The number of pyridine rings is 2. The molecule has 6 aromatic rings. The van der Waals surface area contributed by atoms with E-state index in [4.69, 9.17) is 0 Å². The molecular formula is C33H29FN6O. The smallest absolute Gasteiger partial charge is 0.227 e. The van der Waals surface area contributed by atoms with Crippen molar-refractivity contribution in [3.8, 4) is 33.5 Å². The lowest BCUT2D eigenvalue weighted by atomic mass is 9.96.